The summed E-state index contributed by atoms with van der Waals surface area (Å²) in [7, 11) is 1.69. The fourth-order valence-electron chi connectivity index (χ4n) is 3.97. The first-order chi connectivity index (χ1) is 15.2. The van der Waals surface area contributed by atoms with Crippen molar-refractivity contribution in [1.82, 2.24) is 20.0 Å². The first-order valence-corrected chi connectivity index (χ1v) is 10.8. The Kier molecular flexibility index (Phi) is 6.92. The first-order valence-electron chi connectivity index (χ1n) is 10.8. The number of rotatable bonds is 8. The molecule has 0 unspecified atom stereocenters. The molecule has 1 amide bonds. The van der Waals surface area contributed by atoms with Crippen LogP contribution in [0.15, 0.2) is 53.3 Å². The molecule has 0 atom stereocenters. The molecule has 7 nitrogen and oxygen atoms in total. The smallest absolute Gasteiger partial charge is 0.227 e. The number of pyridine rings is 1. The summed E-state index contributed by atoms with van der Waals surface area (Å²) in [4.78, 5) is 23.0. The zero-order valence-electron chi connectivity index (χ0n) is 17.9. The lowest BCUT2D eigenvalue weighted by atomic mass is 9.90. The van der Waals surface area contributed by atoms with Gasteiger partial charge in [0.2, 0.25) is 17.6 Å². The van der Waals surface area contributed by atoms with Crippen molar-refractivity contribution in [1.29, 1.82) is 0 Å². The van der Waals surface area contributed by atoms with E-state index < -0.39 is 0 Å². The maximum absolute atomic E-state index is 12.6. The second-order valence-electron chi connectivity index (χ2n) is 7.96. The predicted molar refractivity (Wildman–Crippen MR) is 116 cm³/mol. The Hall–Kier alpha value is -3.22. The fraction of sp³-hybridized carbons (Fsp3) is 0.417. The molecule has 0 bridgehead atoms. The quantitative estimate of drug-likeness (QED) is 0.549. The minimum atomic E-state index is 0.162. The number of hydrogen-bond acceptors (Lipinski definition) is 6. The highest BCUT2D eigenvalue weighted by Crippen LogP contribution is 2.24. The molecule has 0 N–H and O–H groups in total. The lowest BCUT2D eigenvalue weighted by Gasteiger charge is -2.32. The standard InChI is InChI=1S/C24H28N4O3/c1-30-21-8-6-18(7-9-21)4-5-19-12-15-28(16-13-19)23(29)11-10-22-26-24(27-31-22)20-3-2-14-25-17-20/h2-3,6-9,14,17,19H,4-5,10-13,15-16H2,1H3. The lowest BCUT2D eigenvalue weighted by Crippen LogP contribution is -2.38. The van der Waals surface area contributed by atoms with Gasteiger partial charge in [0.25, 0.3) is 0 Å². The van der Waals surface area contributed by atoms with Crippen LogP contribution < -0.4 is 4.74 Å². The highest BCUT2D eigenvalue weighted by Gasteiger charge is 2.23. The molecule has 0 radical (unpaired) electrons. The van der Waals surface area contributed by atoms with E-state index in [4.69, 9.17) is 9.26 Å². The summed E-state index contributed by atoms with van der Waals surface area (Å²) < 4.78 is 10.5. The van der Waals surface area contributed by atoms with E-state index in [9.17, 15) is 4.79 Å². The van der Waals surface area contributed by atoms with Gasteiger partial charge in [-0.25, -0.2) is 0 Å². The third-order valence-electron chi connectivity index (χ3n) is 5.91. The van der Waals surface area contributed by atoms with Gasteiger partial charge in [0, 0.05) is 43.9 Å². The van der Waals surface area contributed by atoms with E-state index in [1.807, 2.05) is 29.2 Å². The summed E-state index contributed by atoms with van der Waals surface area (Å²) in [5.74, 6) is 2.72. The normalized spacial score (nSPS) is 14.5. The summed E-state index contributed by atoms with van der Waals surface area (Å²) in [6.07, 6.45) is 8.60. The molecular formula is C24H28N4O3. The Balaban J connectivity index is 1.18. The van der Waals surface area contributed by atoms with Crippen molar-refractivity contribution in [3.63, 3.8) is 0 Å². The van der Waals surface area contributed by atoms with Crippen molar-refractivity contribution in [2.45, 2.75) is 38.5 Å². The van der Waals surface area contributed by atoms with E-state index in [1.54, 1.807) is 19.5 Å². The van der Waals surface area contributed by atoms with Gasteiger partial charge in [-0.3, -0.25) is 9.78 Å². The SMILES string of the molecule is COc1ccc(CCC2CCN(C(=O)CCc3nc(-c4cccnc4)no3)CC2)cc1. The van der Waals surface area contributed by atoms with Gasteiger partial charge >= 0.3 is 0 Å². The monoisotopic (exact) mass is 420 g/mol. The van der Waals surface area contributed by atoms with Crippen molar-refractivity contribution in [3.8, 4) is 17.1 Å². The number of piperidine rings is 1. The van der Waals surface area contributed by atoms with E-state index in [0.29, 0.717) is 30.5 Å². The van der Waals surface area contributed by atoms with Crippen LogP contribution in [-0.4, -0.2) is 46.1 Å². The molecule has 31 heavy (non-hydrogen) atoms. The molecule has 1 saturated heterocycles. The molecule has 0 saturated carbocycles. The Bertz CT molecular complexity index is 964. The third kappa shape index (κ3) is 5.69. The number of aryl methyl sites for hydroxylation is 2. The minimum Gasteiger partial charge on any atom is -0.497 e. The van der Waals surface area contributed by atoms with Crippen molar-refractivity contribution in [3.05, 3.63) is 60.2 Å². The first kappa shape index (κ1) is 21.0. The number of aromatic nitrogens is 3. The van der Waals surface area contributed by atoms with Crippen LogP contribution in [0.25, 0.3) is 11.4 Å². The Morgan fingerprint density at radius 2 is 1.97 bits per heavy atom. The average Bonchev–Trinajstić information content (AvgIpc) is 3.31. The van der Waals surface area contributed by atoms with E-state index >= 15 is 0 Å². The topological polar surface area (TPSA) is 81.4 Å². The van der Waals surface area contributed by atoms with Gasteiger partial charge in [-0.1, -0.05) is 17.3 Å². The lowest BCUT2D eigenvalue weighted by molar-refractivity contribution is -0.132. The summed E-state index contributed by atoms with van der Waals surface area (Å²) in [5, 5.41) is 3.98. The number of benzene rings is 1. The second-order valence-corrected chi connectivity index (χ2v) is 7.96. The summed E-state index contributed by atoms with van der Waals surface area (Å²) in [5.41, 5.74) is 2.14. The number of methoxy groups -OCH3 is 1. The summed E-state index contributed by atoms with van der Waals surface area (Å²) in [6.45, 7) is 1.66. The van der Waals surface area contributed by atoms with Gasteiger partial charge in [-0.15, -0.1) is 0 Å². The number of ether oxygens (including phenoxy) is 1. The van der Waals surface area contributed by atoms with Gasteiger partial charge in [0.05, 0.1) is 7.11 Å². The molecule has 3 aromatic rings. The number of likely N-dealkylation sites (tertiary alicyclic amines) is 1. The molecule has 1 fully saturated rings. The molecule has 7 heteroatoms. The third-order valence-corrected chi connectivity index (χ3v) is 5.91. The van der Waals surface area contributed by atoms with Crippen LogP contribution in [0, 0.1) is 5.92 Å². The molecule has 3 heterocycles. The van der Waals surface area contributed by atoms with Crippen molar-refractivity contribution in [2.24, 2.45) is 5.92 Å². The number of nitrogens with zero attached hydrogens (tertiary/aromatic N) is 4. The molecule has 2 aromatic heterocycles. The molecule has 1 aliphatic rings. The van der Waals surface area contributed by atoms with Crippen LogP contribution >= 0.6 is 0 Å². The van der Waals surface area contributed by atoms with Crippen LogP contribution in [0.2, 0.25) is 0 Å². The molecule has 0 spiro atoms. The number of hydrogen-bond donors (Lipinski definition) is 0. The highest BCUT2D eigenvalue weighted by atomic mass is 16.5. The van der Waals surface area contributed by atoms with E-state index in [2.05, 4.69) is 27.3 Å². The maximum atomic E-state index is 12.6. The number of carbonyl (C=O) groups excluding carboxylic acids is 1. The maximum Gasteiger partial charge on any atom is 0.227 e. The Morgan fingerprint density at radius 1 is 1.16 bits per heavy atom. The molecule has 0 aliphatic carbocycles. The minimum absolute atomic E-state index is 0.162. The average molecular weight is 421 g/mol. The van der Waals surface area contributed by atoms with Gasteiger partial charge < -0.3 is 14.2 Å². The molecule has 162 valence electrons. The van der Waals surface area contributed by atoms with Crippen molar-refractivity contribution >= 4 is 5.91 Å². The Morgan fingerprint density at radius 3 is 2.68 bits per heavy atom. The van der Waals surface area contributed by atoms with E-state index in [0.717, 1.165) is 50.1 Å². The van der Waals surface area contributed by atoms with Gasteiger partial charge in [0.15, 0.2) is 0 Å². The van der Waals surface area contributed by atoms with Crippen LogP contribution in [-0.2, 0) is 17.6 Å². The zero-order chi connectivity index (χ0) is 21.5. The summed E-state index contributed by atoms with van der Waals surface area (Å²) in [6, 6.07) is 12.0. The highest BCUT2D eigenvalue weighted by molar-refractivity contribution is 5.76. The molecule has 1 aliphatic heterocycles. The molecule has 1 aromatic carbocycles. The van der Waals surface area contributed by atoms with Gasteiger partial charge in [0.1, 0.15) is 5.75 Å². The number of amides is 1. The second kappa shape index (κ2) is 10.2. The molecular weight excluding hydrogens is 392 g/mol. The van der Waals surface area contributed by atoms with Crippen LogP contribution in [0.4, 0.5) is 0 Å². The number of carbonyl (C=O) groups is 1. The zero-order valence-corrected chi connectivity index (χ0v) is 17.9. The molecule has 4 rings (SSSR count). The summed E-state index contributed by atoms with van der Waals surface area (Å²) >= 11 is 0. The van der Waals surface area contributed by atoms with Crippen LogP contribution in [0.5, 0.6) is 5.75 Å². The van der Waals surface area contributed by atoms with E-state index in [-0.39, 0.29) is 5.91 Å². The van der Waals surface area contributed by atoms with Gasteiger partial charge in [-0.05, 0) is 61.4 Å². The van der Waals surface area contributed by atoms with Crippen molar-refractivity contribution in [2.75, 3.05) is 20.2 Å². The fourth-order valence-corrected chi connectivity index (χ4v) is 3.97. The van der Waals surface area contributed by atoms with Gasteiger partial charge in [-0.2, -0.15) is 4.98 Å². The van der Waals surface area contributed by atoms with Crippen molar-refractivity contribution < 1.29 is 14.1 Å². The van der Waals surface area contributed by atoms with Crippen LogP contribution in [0.1, 0.15) is 37.1 Å². The predicted octanol–water partition coefficient (Wildman–Crippen LogP) is 3.94. The Labute approximate surface area is 182 Å². The van der Waals surface area contributed by atoms with Crippen LogP contribution in [0.3, 0.4) is 0 Å². The largest absolute Gasteiger partial charge is 0.497 e. The van der Waals surface area contributed by atoms with E-state index in [1.165, 1.54) is 5.56 Å².